The number of aryl methyl sites for hydroxylation is 2. The number of sulfonamides is 1. The predicted octanol–water partition coefficient (Wildman–Crippen LogP) is 4.91. The first-order valence-corrected chi connectivity index (χ1v) is 9.88. The fraction of sp³-hybridized carbons (Fsp3) is 0.143. The van der Waals surface area contributed by atoms with E-state index in [-0.39, 0.29) is 4.90 Å². The van der Waals surface area contributed by atoms with Gasteiger partial charge in [0.25, 0.3) is 10.0 Å². The van der Waals surface area contributed by atoms with Crippen molar-refractivity contribution in [3.8, 4) is 17.2 Å². The van der Waals surface area contributed by atoms with E-state index in [9.17, 15) is 8.42 Å². The minimum absolute atomic E-state index is 0.162. The third-order valence-electron chi connectivity index (χ3n) is 4.06. The van der Waals surface area contributed by atoms with Crippen LogP contribution in [-0.4, -0.2) is 15.5 Å². The van der Waals surface area contributed by atoms with Crippen LogP contribution in [-0.2, 0) is 10.0 Å². The largest absolute Gasteiger partial charge is 0.493 e. The van der Waals surface area contributed by atoms with Crippen molar-refractivity contribution < 1.29 is 17.9 Å². The van der Waals surface area contributed by atoms with Crippen LogP contribution < -0.4 is 14.2 Å². The van der Waals surface area contributed by atoms with Crippen LogP contribution in [0.1, 0.15) is 11.1 Å². The smallest absolute Gasteiger partial charge is 0.261 e. The molecule has 6 heteroatoms. The zero-order chi connectivity index (χ0) is 19.4. The highest BCUT2D eigenvalue weighted by molar-refractivity contribution is 7.92. The first-order valence-electron chi connectivity index (χ1n) is 8.40. The number of methoxy groups -OCH3 is 1. The highest BCUT2D eigenvalue weighted by atomic mass is 32.2. The molecular formula is C21H21NO4S. The van der Waals surface area contributed by atoms with Crippen molar-refractivity contribution in [2.24, 2.45) is 0 Å². The lowest BCUT2D eigenvalue weighted by molar-refractivity contribution is 0.379. The van der Waals surface area contributed by atoms with Gasteiger partial charge in [0.05, 0.1) is 17.7 Å². The number of rotatable bonds is 6. The van der Waals surface area contributed by atoms with Crippen LogP contribution >= 0.6 is 0 Å². The van der Waals surface area contributed by atoms with Gasteiger partial charge < -0.3 is 9.47 Å². The van der Waals surface area contributed by atoms with Gasteiger partial charge in [-0.2, -0.15) is 0 Å². The molecule has 0 spiro atoms. The van der Waals surface area contributed by atoms with Gasteiger partial charge in [0.1, 0.15) is 5.75 Å². The second kappa shape index (κ2) is 7.72. The molecule has 0 atom stereocenters. The Labute approximate surface area is 159 Å². The number of nitrogens with one attached hydrogen (secondary N) is 1. The SMILES string of the molecule is COc1ccccc1Oc1ccc(S(=O)(=O)Nc2ccc(C)cc2C)cc1. The lowest BCUT2D eigenvalue weighted by Crippen LogP contribution is -2.13. The van der Waals surface area contributed by atoms with E-state index in [4.69, 9.17) is 9.47 Å². The summed E-state index contributed by atoms with van der Waals surface area (Å²) in [6.45, 7) is 3.83. The molecule has 0 radical (unpaired) electrons. The lowest BCUT2D eigenvalue weighted by Gasteiger charge is -2.12. The van der Waals surface area contributed by atoms with E-state index in [1.807, 2.05) is 38.1 Å². The maximum Gasteiger partial charge on any atom is 0.261 e. The van der Waals surface area contributed by atoms with E-state index in [2.05, 4.69) is 4.72 Å². The summed E-state index contributed by atoms with van der Waals surface area (Å²) in [5.41, 5.74) is 2.51. The molecule has 0 bridgehead atoms. The lowest BCUT2D eigenvalue weighted by atomic mass is 10.1. The molecule has 5 nitrogen and oxygen atoms in total. The molecule has 27 heavy (non-hydrogen) atoms. The van der Waals surface area contributed by atoms with E-state index in [1.165, 1.54) is 12.1 Å². The zero-order valence-electron chi connectivity index (χ0n) is 15.4. The summed E-state index contributed by atoms with van der Waals surface area (Å²) in [5, 5.41) is 0. The Morgan fingerprint density at radius 1 is 0.852 bits per heavy atom. The molecule has 3 aromatic rings. The van der Waals surface area contributed by atoms with Gasteiger partial charge in [-0.25, -0.2) is 8.42 Å². The zero-order valence-corrected chi connectivity index (χ0v) is 16.2. The summed E-state index contributed by atoms with van der Waals surface area (Å²) >= 11 is 0. The van der Waals surface area contributed by atoms with Gasteiger partial charge in [0.2, 0.25) is 0 Å². The average Bonchev–Trinajstić information content (AvgIpc) is 2.65. The fourth-order valence-electron chi connectivity index (χ4n) is 2.65. The second-order valence-electron chi connectivity index (χ2n) is 6.15. The second-order valence-corrected chi connectivity index (χ2v) is 7.83. The molecule has 0 saturated carbocycles. The van der Waals surface area contributed by atoms with E-state index in [1.54, 1.807) is 37.4 Å². The van der Waals surface area contributed by atoms with Crippen molar-refractivity contribution in [1.82, 2.24) is 0 Å². The molecular weight excluding hydrogens is 362 g/mol. The molecule has 0 unspecified atom stereocenters. The minimum Gasteiger partial charge on any atom is -0.493 e. The summed E-state index contributed by atoms with van der Waals surface area (Å²) in [6, 6.07) is 19.1. The van der Waals surface area contributed by atoms with Crippen molar-refractivity contribution in [3.63, 3.8) is 0 Å². The van der Waals surface area contributed by atoms with E-state index in [0.717, 1.165) is 11.1 Å². The monoisotopic (exact) mass is 383 g/mol. The van der Waals surface area contributed by atoms with Gasteiger partial charge in [-0.1, -0.05) is 29.8 Å². The normalized spacial score (nSPS) is 11.1. The van der Waals surface area contributed by atoms with Crippen molar-refractivity contribution in [2.45, 2.75) is 18.7 Å². The van der Waals surface area contributed by atoms with Gasteiger partial charge in [-0.3, -0.25) is 4.72 Å². The van der Waals surface area contributed by atoms with E-state index >= 15 is 0 Å². The number of hydrogen-bond acceptors (Lipinski definition) is 4. The van der Waals surface area contributed by atoms with Crippen LogP contribution in [0.4, 0.5) is 5.69 Å². The topological polar surface area (TPSA) is 64.6 Å². The van der Waals surface area contributed by atoms with Gasteiger partial charge in [0, 0.05) is 0 Å². The summed E-state index contributed by atoms with van der Waals surface area (Å²) in [4.78, 5) is 0.162. The van der Waals surface area contributed by atoms with Gasteiger partial charge >= 0.3 is 0 Å². The van der Waals surface area contributed by atoms with E-state index < -0.39 is 10.0 Å². The molecule has 1 N–H and O–H groups in total. The van der Waals surface area contributed by atoms with Crippen molar-refractivity contribution in [1.29, 1.82) is 0 Å². The molecule has 3 aromatic carbocycles. The molecule has 140 valence electrons. The van der Waals surface area contributed by atoms with Gasteiger partial charge in [-0.05, 0) is 61.9 Å². The third-order valence-corrected chi connectivity index (χ3v) is 5.44. The minimum atomic E-state index is -3.68. The van der Waals surface area contributed by atoms with Gasteiger partial charge in [0.15, 0.2) is 11.5 Å². The first-order chi connectivity index (χ1) is 12.9. The molecule has 0 aliphatic rings. The molecule has 0 aromatic heterocycles. The average molecular weight is 383 g/mol. The van der Waals surface area contributed by atoms with E-state index in [0.29, 0.717) is 22.9 Å². The van der Waals surface area contributed by atoms with Gasteiger partial charge in [-0.15, -0.1) is 0 Å². The molecule has 0 aliphatic heterocycles. The maximum absolute atomic E-state index is 12.6. The molecule has 0 amide bonds. The number of benzene rings is 3. The highest BCUT2D eigenvalue weighted by Crippen LogP contribution is 2.31. The molecule has 0 fully saturated rings. The Morgan fingerprint density at radius 2 is 1.52 bits per heavy atom. The Bertz CT molecular complexity index is 1040. The van der Waals surface area contributed by atoms with Crippen LogP contribution in [0.25, 0.3) is 0 Å². The van der Waals surface area contributed by atoms with Crippen molar-refractivity contribution in [2.75, 3.05) is 11.8 Å². The van der Waals surface area contributed by atoms with Crippen LogP contribution in [0.5, 0.6) is 17.2 Å². The van der Waals surface area contributed by atoms with Crippen molar-refractivity contribution in [3.05, 3.63) is 77.9 Å². The van der Waals surface area contributed by atoms with Crippen molar-refractivity contribution >= 4 is 15.7 Å². The number of ether oxygens (including phenoxy) is 2. The Morgan fingerprint density at radius 3 is 2.15 bits per heavy atom. The van der Waals surface area contributed by atoms with Crippen LogP contribution in [0.3, 0.4) is 0 Å². The quantitative estimate of drug-likeness (QED) is 0.657. The number of para-hydroxylation sites is 2. The Kier molecular flexibility index (Phi) is 5.37. The predicted molar refractivity (Wildman–Crippen MR) is 106 cm³/mol. The first kappa shape index (κ1) is 18.8. The summed E-state index contributed by atoms with van der Waals surface area (Å²) < 4.78 is 38.9. The fourth-order valence-corrected chi connectivity index (χ4v) is 3.78. The van der Waals surface area contributed by atoms with Crippen LogP contribution in [0.2, 0.25) is 0 Å². The third kappa shape index (κ3) is 4.41. The molecule has 0 saturated heterocycles. The Hall–Kier alpha value is -2.99. The summed E-state index contributed by atoms with van der Waals surface area (Å²) in [5.74, 6) is 1.68. The standard InChI is InChI=1S/C21H21NO4S/c1-15-8-13-19(16(2)14-15)22-27(23,24)18-11-9-17(10-12-18)26-21-7-5-4-6-20(21)25-3/h4-14,22H,1-3H3. The molecule has 0 heterocycles. The summed E-state index contributed by atoms with van der Waals surface area (Å²) in [7, 11) is -2.12. The van der Waals surface area contributed by atoms with Crippen LogP contribution in [0.15, 0.2) is 71.6 Å². The highest BCUT2D eigenvalue weighted by Gasteiger charge is 2.15. The molecule has 3 rings (SSSR count). The Balaban J connectivity index is 1.79. The summed E-state index contributed by atoms with van der Waals surface area (Å²) in [6.07, 6.45) is 0. The maximum atomic E-state index is 12.6. The number of anilines is 1. The van der Waals surface area contributed by atoms with Crippen LogP contribution in [0, 0.1) is 13.8 Å². The molecule has 0 aliphatic carbocycles. The number of hydrogen-bond donors (Lipinski definition) is 1.